The highest BCUT2D eigenvalue weighted by atomic mass is 79.9. The molecular weight excluding hydrogens is 294 g/mol. The van der Waals surface area contributed by atoms with Gasteiger partial charge in [-0.25, -0.2) is 4.98 Å². The minimum Gasteiger partial charge on any atom is -0.399 e. The highest BCUT2D eigenvalue weighted by Gasteiger charge is 2.09. The third kappa shape index (κ3) is 2.87. The summed E-state index contributed by atoms with van der Waals surface area (Å²) in [5.74, 6) is -0.170. The summed E-state index contributed by atoms with van der Waals surface area (Å²) in [6.07, 6.45) is 1.59. The topological polar surface area (TPSA) is 68.0 Å². The van der Waals surface area contributed by atoms with Crippen molar-refractivity contribution < 1.29 is 4.79 Å². The van der Waals surface area contributed by atoms with Crippen LogP contribution in [0.25, 0.3) is 0 Å². The number of nitrogen functional groups attached to an aromatic ring is 1. The molecule has 3 N–H and O–H groups in total. The number of halogens is 1. The maximum Gasteiger partial charge on any atom is 0.255 e. The molecule has 1 heterocycles. The van der Waals surface area contributed by atoms with Crippen LogP contribution in [0.4, 0.5) is 11.4 Å². The van der Waals surface area contributed by atoms with Gasteiger partial charge < -0.3 is 11.1 Å². The van der Waals surface area contributed by atoms with Crippen LogP contribution < -0.4 is 11.1 Å². The van der Waals surface area contributed by atoms with Gasteiger partial charge in [-0.15, -0.1) is 0 Å². The molecule has 5 heteroatoms. The van der Waals surface area contributed by atoms with Crippen molar-refractivity contribution in [3.8, 4) is 0 Å². The van der Waals surface area contributed by atoms with E-state index in [0.29, 0.717) is 16.9 Å². The van der Waals surface area contributed by atoms with Crippen LogP contribution in [0.1, 0.15) is 15.9 Å². The molecule has 1 aromatic heterocycles. The summed E-state index contributed by atoms with van der Waals surface area (Å²) in [7, 11) is 0. The fourth-order valence-electron chi connectivity index (χ4n) is 1.59. The molecule has 0 bridgehead atoms. The summed E-state index contributed by atoms with van der Waals surface area (Å²) in [5.41, 5.74) is 8.40. The normalized spacial score (nSPS) is 10.1. The molecule has 0 spiro atoms. The Kier molecular flexibility index (Phi) is 3.62. The molecule has 18 heavy (non-hydrogen) atoms. The lowest BCUT2D eigenvalue weighted by atomic mass is 10.1. The quantitative estimate of drug-likeness (QED) is 0.662. The van der Waals surface area contributed by atoms with E-state index in [0.717, 1.165) is 10.2 Å². The summed E-state index contributed by atoms with van der Waals surface area (Å²) in [6, 6.07) is 8.75. The predicted molar refractivity (Wildman–Crippen MR) is 75.5 cm³/mol. The van der Waals surface area contributed by atoms with E-state index in [2.05, 4.69) is 26.2 Å². The summed E-state index contributed by atoms with van der Waals surface area (Å²) < 4.78 is 0.726. The van der Waals surface area contributed by atoms with Gasteiger partial charge in [-0.3, -0.25) is 4.79 Å². The van der Waals surface area contributed by atoms with E-state index in [1.807, 2.05) is 6.92 Å². The van der Waals surface area contributed by atoms with Crippen molar-refractivity contribution in [2.24, 2.45) is 0 Å². The zero-order valence-corrected chi connectivity index (χ0v) is 11.4. The summed E-state index contributed by atoms with van der Waals surface area (Å²) >= 11 is 3.24. The van der Waals surface area contributed by atoms with Crippen LogP contribution in [-0.2, 0) is 0 Å². The number of anilines is 2. The van der Waals surface area contributed by atoms with Gasteiger partial charge >= 0.3 is 0 Å². The number of aryl methyl sites for hydroxylation is 1. The standard InChI is InChI=1S/C13H12BrN3O/c1-8-6-9(15)2-4-11(8)13(18)17-10-3-5-12(14)16-7-10/h2-7H,15H2,1H3,(H,17,18). The summed E-state index contributed by atoms with van der Waals surface area (Å²) in [6.45, 7) is 1.85. The molecule has 0 aliphatic heterocycles. The SMILES string of the molecule is Cc1cc(N)ccc1C(=O)Nc1ccc(Br)nc1. The number of aromatic nitrogens is 1. The molecule has 92 valence electrons. The van der Waals surface area contributed by atoms with Gasteiger partial charge in [0.2, 0.25) is 0 Å². The number of carbonyl (C=O) groups is 1. The lowest BCUT2D eigenvalue weighted by molar-refractivity contribution is 0.102. The molecular formula is C13H12BrN3O. The molecule has 1 aromatic carbocycles. The third-order valence-corrected chi connectivity index (χ3v) is 2.95. The minimum atomic E-state index is -0.170. The number of amides is 1. The van der Waals surface area contributed by atoms with Crippen LogP contribution in [0.2, 0.25) is 0 Å². The van der Waals surface area contributed by atoms with Crippen molar-refractivity contribution >= 4 is 33.2 Å². The molecule has 1 amide bonds. The molecule has 4 nitrogen and oxygen atoms in total. The first-order valence-electron chi connectivity index (χ1n) is 5.35. The smallest absolute Gasteiger partial charge is 0.255 e. The number of pyridine rings is 1. The molecule has 0 saturated carbocycles. The van der Waals surface area contributed by atoms with Crippen molar-refractivity contribution in [2.45, 2.75) is 6.92 Å². The Morgan fingerprint density at radius 1 is 1.33 bits per heavy atom. The zero-order valence-electron chi connectivity index (χ0n) is 9.77. The maximum atomic E-state index is 12.0. The van der Waals surface area contributed by atoms with Crippen LogP contribution in [0, 0.1) is 6.92 Å². The number of rotatable bonds is 2. The van der Waals surface area contributed by atoms with Gasteiger partial charge in [-0.1, -0.05) is 0 Å². The highest BCUT2D eigenvalue weighted by molar-refractivity contribution is 9.10. The van der Waals surface area contributed by atoms with Gasteiger partial charge in [0.1, 0.15) is 4.60 Å². The number of nitrogens with two attached hydrogens (primary N) is 1. The van der Waals surface area contributed by atoms with Crippen molar-refractivity contribution in [1.82, 2.24) is 4.98 Å². The van der Waals surface area contributed by atoms with E-state index in [4.69, 9.17) is 5.73 Å². The molecule has 0 aliphatic rings. The van der Waals surface area contributed by atoms with Gasteiger partial charge in [-0.05, 0) is 58.7 Å². The average Bonchev–Trinajstić information content (AvgIpc) is 2.32. The van der Waals surface area contributed by atoms with Crippen LogP contribution in [-0.4, -0.2) is 10.9 Å². The maximum absolute atomic E-state index is 12.0. The summed E-state index contributed by atoms with van der Waals surface area (Å²) in [4.78, 5) is 16.1. The predicted octanol–water partition coefficient (Wildman–Crippen LogP) is 2.99. The largest absolute Gasteiger partial charge is 0.399 e. The van der Waals surface area contributed by atoms with E-state index in [9.17, 15) is 4.79 Å². The number of nitrogens with one attached hydrogen (secondary N) is 1. The first-order chi connectivity index (χ1) is 8.56. The number of benzene rings is 1. The molecule has 0 saturated heterocycles. The minimum absolute atomic E-state index is 0.170. The van der Waals surface area contributed by atoms with E-state index in [-0.39, 0.29) is 5.91 Å². The monoisotopic (exact) mass is 305 g/mol. The second kappa shape index (κ2) is 5.18. The first-order valence-corrected chi connectivity index (χ1v) is 6.14. The number of nitrogens with zero attached hydrogens (tertiary/aromatic N) is 1. The second-order valence-corrected chi connectivity index (χ2v) is 4.71. The molecule has 0 unspecified atom stereocenters. The molecule has 0 fully saturated rings. The fraction of sp³-hybridized carbons (Fsp3) is 0.0769. The highest BCUT2D eigenvalue weighted by Crippen LogP contribution is 2.15. The molecule has 0 aliphatic carbocycles. The Balaban J connectivity index is 2.19. The molecule has 2 aromatic rings. The van der Waals surface area contributed by atoms with Crippen LogP contribution in [0.15, 0.2) is 41.1 Å². The van der Waals surface area contributed by atoms with Crippen molar-refractivity contribution in [3.63, 3.8) is 0 Å². The van der Waals surface area contributed by atoms with Crippen LogP contribution in [0.5, 0.6) is 0 Å². The zero-order chi connectivity index (χ0) is 13.1. The fourth-order valence-corrected chi connectivity index (χ4v) is 1.82. The Morgan fingerprint density at radius 2 is 2.11 bits per heavy atom. The van der Waals surface area contributed by atoms with E-state index < -0.39 is 0 Å². The second-order valence-electron chi connectivity index (χ2n) is 3.90. The lowest BCUT2D eigenvalue weighted by Gasteiger charge is -2.08. The van der Waals surface area contributed by atoms with Crippen LogP contribution >= 0.6 is 15.9 Å². The van der Waals surface area contributed by atoms with Crippen molar-refractivity contribution in [2.75, 3.05) is 11.1 Å². The van der Waals surface area contributed by atoms with Crippen molar-refractivity contribution in [3.05, 3.63) is 52.3 Å². The number of carbonyl (C=O) groups excluding carboxylic acids is 1. The number of hydrogen-bond acceptors (Lipinski definition) is 3. The van der Waals surface area contributed by atoms with Crippen LogP contribution in [0.3, 0.4) is 0 Å². The van der Waals surface area contributed by atoms with Gasteiger partial charge in [-0.2, -0.15) is 0 Å². The Morgan fingerprint density at radius 3 is 2.72 bits per heavy atom. The Hall–Kier alpha value is -1.88. The lowest BCUT2D eigenvalue weighted by Crippen LogP contribution is -2.13. The Labute approximate surface area is 113 Å². The summed E-state index contributed by atoms with van der Waals surface area (Å²) in [5, 5.41) is 2.78. The van der Waals surface area contributed by atoms with Gasteiger partial charge in [0.25, 0.3) is 5.91 Å². The average molecular weight is 306 g/mol. The van der Waals surface area contributed by atoms with E-state index in [1.54, 1.807) is 36.5 Å². The van der Waals surface area contributed by atoms with E-state index in [1.165, 1.54) is 0 Å². The van der Waals surface area contributed by atoms with Gasteiger partial charge in [0, 0.05) is 11.3 Å². The van der Waals surface area contributed by atoms with Gasteiger partial charge in [0.15, 0.2) is 0 Å². The molecule has 0 atom stereocenters. The number of hydrogen-bond donors (Lipinski definition) is 2. The first kappa shape index (κ1) is 12.6. The van der Waals surface area contributed by atoms with Crippen molar-refractivity contribution in [1.29, 1.82) is 0 Å². The van der Waals surface area contributed by atoms with E-state index >= 15 is 0 Å². The van der Waals surface area contributed by atoms with Gasteiger partial charge in [0.05, 0.1) is 11.9 Å². The Bertz CT molecular complexity index is 581. The molecule has 0 radical (unpaired) electrons. The third-order valence-electron chi connectivity index (χ3n) is 2.48. The molecule has 2 rings (SSSR count).